The van der Waals surface area contributed by atoms with Gasteiger partial charge in [0.2, 0.25) is 5.91 Å². The third kappa shape index (κ3) is 3.02. The maximum atomic E-state index is 12.3. The first-order valence-electron chi connectivity index (χ1n) is 7.27. The average molecular weight is 237 g/mol. The molecule has 0 aromatic rings. The maximum Gasteiger partial charge on any atom is 0.225 e. The highest BCUT2D eigenvalue weighted by Crippen LogP contribution is 2.35. The zero-order valence-electron chi connectivity index (χ0n) is 11.7. The van der Waals surface area contributed by atoms with Crippen molar-refractivity contribution in [2.24, 2.45) is 17.3 Å². The molecule has 1 aliphatic heterocycles. The van der Waals surface area contributed by atoms with Gasteiger partial charge in [0.1, 0.15) is 0 Å². The van der Waals surface area contributed by atoms with Crippen molar-refractivity contribution in [3.05, 3.63) is 0 Å². The van der Waals surface area contributed by atoms with Gasteiger partial charge in [-0.05, 0) is 37.0 Å². The largest absolute Gasteiger partial charge is 0.342 e. The van der Waals surface area contributed by atoms with Gasteiger partial charge in [-0.3, -0.25) is 4.79 Å². The van der Waals surface area contributed by atoms with E-state index in [1.807, 2.05) is 0 Å². The summed E-state index contributed by atoms with van der Waals surface area (Å²) in [5.41, 5.74) is 0.405. The van der Waals surface area contributed by atoms with Gasteiger partial charge in [-0.25, -0.2) is 0 Å². The van der Waals surface area contributed by atoms with Crippen molar-refractivity contribution in [2.75, 3.05) is 13.1 Å². The van der Waals surface area contributed by atoms with E-state index in [1.54, 1.807) is 0 Å². The molecule has 0 atom stereocenters. The number of carbonyl (C=O) groups is 1. The molecule has 1 heterocycles. The topological polar surface area (TPSA) is 20.3 Å². The lowest BCUT2D eigenvalue weighted by atomic mass is 9.75. The van der Waals surface area contributed by atoms with E-state index in [0.717, 1.165) is 31.8 Å². The summed E-state index contributed by atoms with van der Waals surface area (Å²) in [5.74, 6) is 1.60. The van der Waals surface area contributed by atoms with Crippen LogP contribution in [0, 0.1) is 17.3 Å². The molecule has 1 saturated carbocycles. The predicted octanol–water partition coefficient (Wildman–Crippen LogP) is 3.46. The minimum absolute atomic E-state index is 0.362. The van der Waals surface area contributed by atoms with Gasteiger partial charge in [0.15, 0.2) is 0 Å². The Balaban J connectivity index is 1.84. The summed E-state index contributed by atoms with van der Waals surface area (Å²) in [4.78, 5) is 14.4. The molecule has 1 amide bonds. The van der Waals surface area contributed by atoms with Crippen molar-refractivity contribution in [1.82, 2.24) is 4.90 Å². The molecule has 0 spiro atoms. The highest BCUT2D eigenvalue weighted by molar-refractivity contribution is 5.79. The fourth-order valence-electron chi connectivity index (χ4n) is 3.40. The predicted molar refractivity (Wildman–Crippen MR) is 70.7 cm³/mol. The molecule has 0 radical (unpaired) electrons. The molecule has 0 N–H and O–H groups in total. The molecule has 1 aliphatic carbocycles. The number of hydrogen-bond donors (Lipinski definition) is 0. The van der Waals surface area contributed by atoms with Crippen LogP contribution in [0.3, 0.4) is 0 Å². The van der Waals surface area contributed by atoms with E-state index < -0.39 is 0 Å². The lowest BCUT2D eigenvalue weighted by Crippen LogP contribution is -2.43. The summed E-state index contributed by atoms with van der Waals surface area (Å²) >= 11 is 0. The molecular weight excluding hydrogens is 210 g/mol. The minimum atomic E-state index is 0.362. The van der Waals surface area contributed by atoms with Gasteiger partial charge >= 0.3 is 0 Å². The maximum absolute atomic E-state index is 12.3. The van der Waals surface area contributed by atoms with Crippen molar-refractivity contribution in [1.29, 1.82) is 0 Å². The Morgan fingerprint density at radius 2 is 1.53 bits per heavy atom. The normalized spacial score (nSPS) is 24.3. The first-order valence-corrected chi connectivity index (χ1v) is 7.27. The van der Waals surface area contributed by atoms with Crippen molar-refractivity contribution in [2.45, 2.75) is 59.3 Å². The van der Waals surface area contributed by atoms with Gasteiger partial charge in [-0.15, -0.1) is 0 Å². The van der Waals surface area contributed by atoms with Crippen LogP contribution in [-0.4, -0.2) is 23.9 Å². The van der Waals surface area contributed by atoms with Crippen LogP contribution in [-0.2, 0) is 4.79 Å². The van der Waals surface area contributed by atoms with E-state index in [1.165, 1.54) is 25.7 Å². The number of carbonyl (C=O) groups excluding carboxylic acids is 1. The molecule has 2 aliphatic rings. The van der Waals surface area contributed by atoms with E-state index >= 15 is 0 Å². The number of piperidine rings is 1. The van der Waals surface area contributed by atoms with Crippen LogP contribution in [0.4, 0.5) is 0 Å². The second-order valence-corrected chi connectivity index (χ2v) is 6.95. The molecule has 0 aromatic heterocycles. The Bertz CT molecular complexity index is 265. The Labute approximate surface area is 106 Å². The zero-order valence-corrected chi connectivity index (χ0v) is 11.7. The SMILES string of the molecule is CC(C)(C)C1CCN(C(=O)C2CCCC2)CC1. The second kappa shape index (κ2) is 4.99. The first kappa shape index (κ1) is 12.9. The van der Waals surface area contributed by atoms with Crippen LogP contribution < -0.4 is 0 Å². The third-order valence-electron chi connectivity index (χ3n) is 4.74. The lowest BCUT2D eigenvalue weighted by molar-refractivity contribution is -0.137. The van der Waals surface area contributed by atoms with Gasteiger partial charge in [0, 0.05) is 19.0 Å². The van der Waals surface area contributed by atoms with Crippen molar-refractivity contribution in [3.8, 4) is 0 Å². The number of amides is 1. The Kier molecular flexibility index (Phi) is 3.79. The van der Waals surface area contributed by atoms with Crippen LogP contribution in [0.25, 0.3) is 0 Å². The highest BCUT2D eigenvalue weighted by atomic mass is 16.2. The van der Waals surface area contributed by atoms with Crippen LogP contribution >= 0.6 is 0 Å². The van der Waals surface area contributed by atoms with E-state index in [2.05, 4.69) is 25.7 Å². The molecule has 0 unspecified atom stereocenters. The van der Waals surface area contributed by atoms with Crippen LogP contribution in [0.1, 0.15) is 59.3 Å². The van der Waals surface area contributed by atoms with Crippen LogP contribution in [0.5, 0.6) is 0 Å². The fraction of sp³-hybridized carbons (Fsp3) is 0.933. The van der Waals surface area contributed by atoms with E-state index in [9.17, 15) is 4.79 Å². The van der Waals surface area contributed by atoms with Crippen molar-refractivity contribution >= 4 is 5.91 Å². The Hall–Kier alpha value is -0.530. The van der Waals surface area contributed by atoms with E-state index in [-0.39, 0.29) is 0 Å². The summed E-state index contributed by atoms with van der Waals surface area (Å²) < 4.78 is 0. The van der Waals surface area contributed by atoms with Crippen molar-refractivity contribution < 1.29 is 4.79 Å². The summed E-state index contributed by atoms with van der Waals surface area (Å²) in [6.45, 7) is 8.97. The molecule has 17 heavy (non-hydrogen) atoms. The van der Waals surface area contributed by atoms with Crippen LogP contribution in [0.15, 0.2) is 0 Å². The van der Waals surface area contributed by atoms with Gasteiger partial charge < -0.3 is 4.90 Å². The molecule has 2 rings (SSSR count). The van der Waals surface area contributed by atoms with E-state index in [0.29, 0.717) is 17.2 Å². The molecule has 0 bridgehead atoms. The molecule has 2 fully saturated rings. The van der Waals surface area contributed by atoms with Crippen molar-refractivity contribution in [3.63, 3.8) is 0 Å². The monoisotopic (exact) mass is 237 g/mol. The highest BCUT2D eigenvalue weighted by Gasteiger charge is 2.33. The number of nitrogens with zero attached hydrogens (tertiary/aromatic N) is 1. The molecule has 1 saturated heterocycles. The number of likely N-dealkylation sites (tertiary alicyclic amines) is 1. The Morgan fingerprint density at radius 3 is 2.00 bits per heavy atom. The minimum Gasteiger partial charge on any atom is -0.342 e. The van der Waals surface area contributed by atoms with E-state index in [4.69, 9.17) is 0 Å². The quantitative estimate of drug-likeness (QED) is 0.684. The van der Waals surface area contributed by atoms with Gasteiger partial charge in [-0.2, -0.15) is 0 Å². The summed E-state index contributed by atoms with van der Waals surface area (Å²) in [6.07, 6.45) is 7.18. The molecule has 2 heteroatoms. The summed E-state index contributed by atoms with van der Waals surface area (Å²) in [6, 6.07) is 0. The zero-order chi connectivity index (χ0) is 12.5. The third-order valence-corrected chi connectivity index (χ3v) is 4.74. The molecule has 0 aromatic carbocycles. The van der Waals surface area contributed by atoms with Gasteiger partial charge in [0.25, 0.3) is 0 Å². The smallest absolute Gasteiger partial charge is 0.225 e. The van der Waals surface area contributed by atoms with Crippen LogP contribution in [0.2, 0.25) is 0 Å². The Morgan fingerprint density at radius 1 is 1.00 bits per heavy atom. The summed E-state index contributed by atoms with van der Waals surface area (Å²) in [7, 11) is 0. The standard InChI is InChI=1S/C15H27NO/c1-15(2,3)13-8-10-16(11-9-13)14(17)12-6-4-5-7-12/h12-13H,4-11H2,1-3H3. The summed E-state index contributed by atoms with van der Waals surface area (Å²) in [5, 5.41) is 0. The van der Waals surface area contributed by atoms with Gasteiger partial charge in [0.05, 0.1) is 0 Å². The number of rotatable bonds is 1. The van der Waals surface area contributed by atoms with Gasteiger partial charge in [-0.1, -0.05) is 33.6 Å². The molecule has 98 valence electrons. The number of hydrogen-bond acceptors (Lipinski definition) is 1. The average Bonchev–Trinajstić information content (AvgIpc) is 2.80. The first-order chi connectivity index (χ1) is 7.98. The lowest BCUT2D eigenvalue weighted by Gasteiger charge is -2.39. The molecular formula is C15H27NO. The fourth-order valence-corrected chi connectivity index (χ4v) is 3.40. The second-order valence-electron chi connectivity index (χ2n) is 6.95. The molecule has 2 nitrogen and oxygen atoms in total.